The fourth-order valence-electron chi connectivity index (χ4n) is 1.60. The zero-order valence-corrected chi connectivity index (χ0v) is 14.0. The van der Waals surface area contributed by atoms with E-state index in [1.54, 1.807) is 13.2 Å². The number of halogens is 3. The smallest absolute Gasteiger partial charge is 0.158 e. The molecule has 1 aromatic carbocycles. The van der Waals surface area contributed by atoms with E-state index in [0.717, 1.165) is 15.7 Å². The van der Waals surface area contributed by atoms with Crippen molar-refractivity contribution >= 4 is 50.6 Å². The number of benzene rings is 1. The topological polar surface area (TPSA) is 47.0 Å². The van der Waals surface area contributed by atoms with Crippen LogP contribution in [0.1, 0.15) is 11.4 Å². The number of hydrogen-bond acceptors (Lipinski definition) is 4. The summed E-state index contributed by atoms with van der Waals surface area (Å²) in [5, 5.41) is 4.18. The number of anilines is 2. The van der Waals surface area contributed by atoms with Crippen molar-refractivity contribution in [1.29, 1.82) is 0 Å². The highest BCUT2D eigenvalue weighted by molar-refractivity contribution is 9.10. The number of aromatic nitrogens is 2. The third kappa shape index (κ3) is 3.82. The summed E-state index contributed by atoms with van der Waals surface area (Å²) in [4.78, 5) is 8.39. The normalized spacial score (nSPS) is 10.7. The maximum atomic E-state index is 6.12. The maximum Gasteiger partial charge on any atom is 0.158 e. The van der Waals surface area contributed by atoms with Crippen LogP contribution in [0.15, 0.2) is 22.7 Å². The molecule has 0 atom stereocenters. The summed E-state index contributed by atoms with van der Waals surface area (Å²) in [5.74, 6) is 1.09. The lowest BCUT2D eigenvalue weighted by Crippen LogP contribution is -2.02. The third-order valence-corrected chi connectivity index (χ3v) is 3.78. The number of nitrogens with one attached hydrogen (secondary N) is 1. The predicted octanol–water partition coefficient (Wildman–Crippen LogP) is 4.74. The Labute approximate surface area is 135 Å². The highest BCUT2D eigenvalue weighted by Gasteiger charge is 2.08. The molecule has 0 aliphatic heterocycles. The Morgan fingerprint density at radius 1 is 1.25 bits per heavy atom. The van der Waals surface area contributed by atoms with Crippen LogP contribution < -0.4 is 5.32 Å². The molecule has 0 saturated heterocycles. The number of ether oxygens (including phenoxy) is 1. The molecule has 0 aliphatic rings. The van der Waals surface area contributed by atoms with Gasteiger partial charge in [-0.25, -0.2) is 9.97 Å². The molecule has 20 heavy (non-hydrogen) atoms. The average Bonchev–Trinajstić information content (AvgIpc) is 2.35. The molecular formula is C13H12BrCl2N3O. The first kappa shape index (κ1) is 15.5. The molecule has 1 N–H and O–H groups in total. The van der Waals surface area contributed by atoms with Gasteiger partial charge < -0.3 is 10.1 Å². The van der Waals surface area contributed by atoms with E-state index in [1.165, 1.54) is 0 Å². The molecule has 0 bridgehead atoms. The van der Waals surface area contributed by atoms with Crippen molar-refractivity contribution in [2.45, 2.75) is 13.5 Å². The molecule has 0 spiro atoms. The van der Waals surface area contributed by atoms with Gasteiger partial charge in [0, 0.05) is 22.7 Å². The van der Waals surface area contributed by atoms with E-state index in [2.05, 4.69) is 31.2 Å². The minimum Gasteiger partial charge on any atom is -0.377 e. The van der Waals surface area contributed by atoms with E-state index in [9.17, 15) is 0 Å². The molecule has 0 saturated carbocycles. The van der Waals surface area contributed by atoms with E-state index < -0.39 is 0 Å². The van der Waals surface area contributed by atoms with Crippen molar-refractivity contribution in [3.05, 3.63) is 44.2 Å². The van der Waals surface area contributed by atoms with E-state index in [-0.39, 0.29) is 0 Å². The van der Waals surface area contributed by atoms with Crippen molar-refractivity contribution in [3.63, 3.8) is 0 Å². The molecule has 1 aromatic heterocycles. The number of nitrogens with zero attached hydrogens (tertiary/aromatic N) is 2. The molecule has 0 fully saturated rings. The lowest BCUT2D eigenvalue weighted by molar-refractivity contribution is 0.178. The molecule has 2 rings (SSSR count). The molecule has 0 amide bonds. The summed E-state index contributed by atoms with van der Waals surface area (Å²) in [6, 6.07) is 5.40. The van der Waals surface area contributed by atoms with E-state index >= 15 is 0 Å². The summed E-state index contributed by atoms with van der Waals surface area (Å²) < 4.78 is 5.90. The minimum atomic E-state index is 0.297. The van der Waals surface area contributed by atoms with Gasteiger partial charge in [-0.3, -0.25) is 0 Å². The van der Waals surface area contributed by atoms with Gasteiger partial charge in [0.2, 0.25) is 0 Å². The van der Waals surface area contributed by atoms with Crippen LogP contribution in [0.25, 0.3) is 0 Å². The van der Waals surface area contributed by atoms with Crippen LogP contribution in [0.5, 0.6) is 0 Å². The van der Waals surface area contributed by atoms with Crippen LogP contribution in [-0.2, 0) is 11.3 Å². The van der Waals surface area contributed by atoms with Gasteiger partial charge in [0.1, 0.15) is 17.6 Å². The Bertz CT molecular complexity index is 637. The van der Waals surface area contributed by atoms with Crippen molar-refractivity contribution in [1.82, 2.24) is 9.97 Å². The zero-order chi connectivity index (χ0) is 14.7. The van der Waals surface area contributed by atoms with Crippen LogP contribution in [0.2, 0.25) is 10.2 Å². The molecule has 0 unspecified atom stereocenters. The largest absolute Gasteiger partial charge is 0.377 e. The van der Waals surface area contributed by atoms with E-state index in [4.69, 9.17) is 27.9 Å². The van der Waals surface area contributed by atoms with Crippen molar-refractivity contribution < 1.29 is 4.74 Å². The molecule has 4 nitrogen and oxygen atoms in total. The Kier molecular flexibility index (Phi) is 5.21. The summed E-state index contributed by atoms with van der Waals surface area (Å²) >= 11 is 15.6. The van der Waals surface area contributed by atoms with Gasteiger partial charge in [-0.2, -0.15) is 0 Å². The fraction of sp³-hybridized carbons (Fsp3) is 0.231. The first-order chi connectivity index (χ1) is 9.49. The average molecular weight is 377 g/mol. The zero-order valence-electron chi connectivity index (χ0n) is 10.9. The molecule has 1 heterocycles. The van der Waals surface area contributed by atoms with Crippen molar-refractivity contribution in [2.24, 2.45) is 0 Å². The predicted molar refractivity (Wildman–Crippen MR) is 84.9 cm³/mol. The SMILES string of the molecule is COCc1nc(Cl)cc(Nc2cc(Cl)c(C)cc2Br)n1. The molecule has 7 heteroatoms. The standard InChI is InChI=1S/C13H12BrCl2N3O/c1-7-3-8(14)10(4-9(7)15)17-12-5-11(16)18-13(19-12)6-20-2/h3-5H,6H2,1-2H3,(H,17,18,19). The molecule has 106 valence electrons. The highest BCUT2D eigenvalue weighted by atomic mass is 79.9. The number of hydrogen-bond donors (Lipinski definition) is 1. The second kappa shape index (κ2) is 6.72. The van der Waals surface area contributed by atoms with Crippen LogP contribution >= 0.6 is 39.1 Å². The van der Waals surface area contributed by atoms with Crippen LogP contribution in [0.4, 0.5) is 11.5 Å². The first-order valence-electron chi connectivity index (χ1n) is 5.74. The summed E-state index contributed by atoms with van der Waals surface area (Å²) in [7, 11) is 1.58. The fourth-order valence-corrected chi connectivity index (χ4v) is 2.52. The quantitative estimate of drug-likeness (QED) is 0.782. The van der Waals surface area contributed by atoms with Gasteiger partial charge in [-0.05, 0) is 40.5 Å². The third-order valence-electron chi connectivity index (χ3n) is 2.53. The van der Waals surface area contributed by atoms with Crippen LogP contribution in [0, 0.1) is 6.92 Å². The molecule has 2 aromatic rings. The Hall–Kier alpha value is -0.880. The highest BCUT2D eigenvalue weighted by Crippen LogP contribution is 2.31. The van der Waals surface area contributed by atoms with Gasteiger partial charge in [-0.15, -0.1) is 0 Å². The van der Waals surface area contributed by atoms with E-state index in [1.807, 2.05) is 19.1 Å². The lowest BCUT2D eigenvalue weighted by Gasteiger charge is -2.11. The number of aryl methyl sites for hydroxylation is 1. The number of rotatable bonds is 4. The maximum absolute atomic E-state index is 6.12. The van der Waals surface area contributed by atoms with Crippen LogP contribution in [0.3, 0.4) is 0 Å². The molecule has 0 radical (unpaired) electrons. The Morgan fingerprint density at radius 2 is 2.00 bits per heavy atom. The molecule has 0 aliphatic carbocycles. The van der Waals surface area contributed by atoms with Gasteiger partial charge in [0.15, 0.2) is 5.82 Å². The monoisotopic (exact) mass is 375 g/mol. The van der Waals surface area contributed by atoms with Gasteiger partial charge in [0.05, 0.1) is 5.69 Å². The van der Waals surface area contributed by atoms with E-state index in [0.29, 0.717) is 28.4 Å². The van der Waals surface area contributed by atoms with Crippen LogP contribution in [-0.4, -0.2) is 17.1 Å². The first-order valence-corrected chi connectivity index (χ1v) is 7.29. The lowest BCUT2D eigenvalue weighted by atomic mass is 10.2. The Morgan fingerprint density at radius 3 is 2.70 bits per heavy atom. The van der Waals surface area contributed by atoms with Crippen molar-refractivity contribution in [3.8, 4) is 0 Å². The summed E-state index contributed by atoms with van der Waals surface area (Å²) in [5.41, 5.74) is 1.80. The molecular weight excluding hydrogens is 365 g/mol. The number of methoxy groups -OCH3 is 1. The minimum absolute atomic E-state index is 0.297. The Balaban J connectivity index is 2.32. The summed E-state index contributed by atoms with van der Waals surface area (Å²) in [6.45, 7) is 2.24. The van der Waals surface area contributed by atoms with Crippen molar-refractivity contribution in [2.75, 3.05) is 12.4 Å². The van der Waals surface area contributed by atoms with Gasteiger partial charge in [-0.1, -0.05) is 23.2 Å². The van der Waals surface area contributed by atoms with Gasteiger partial charge in [0.25, 0.3) is 0 Å². The second-order valence-electron chi connectivity index (χ2n) is 4.13. The van der Waals surface area contributed by atoms with Gasteiger partial charge >= 0.3 is 0 Å². The second-order valence-corrected chi connectivity index (χ2v) is 5.78. The summed E-state index contributed by atoms with van der Waals surface area (Å²) in [6.07, 6.45) is 0.